The molecule has 0 fully saturated rings. The Balaban J connectivity index is 1.57. The number of hydrogen-bond donors (Lipinski definition) is 1. The second-order valence-electron chi connectivity index (χ2n) is 5.63. The molecule has 3 aromatic rings. The van der Waals surface area contributed by atoms with Gasteiger partial charge in [-0.1, -0.05) is 24.3 Å². The Labute approximate surface area is 130 Å². The van der Waals surface area contributed by atoms with Crippen molar-refractivity contribution in [2.24, 2.45) is 0 Å². The van der Waals surface area contributed by atoms with Crippen LogP contribution in [-0.4, -0.2) is 11.5 Å². The van der Waals surface area contributed by atoms with Crippen LogP contribution >= 0.6 is 0 Å². The van der Waals surface area contributed by atoms with Crippen molar-refractivity contribution in [3.05, 3.63) is 71.4 Å². The summed E-state index contributed by atoms with van der Waals surface area (Å²) >= 11 is 0. The van der Waals surface area contributed by atoms with Gasteiger partial charge in [0.15, 0.2) is 0 Å². The van der Waals surface area contributed by atoms with E-state index in [0.717, 1.165) is 36.2 Å². The number of aromatic nitrogens is 1. The molecule has 2 aromatic carbocycles. The van der Waals surface area contributed by atoms with E-state index in [2.05, 4.69) is 34.6 Å². The van der Waals surface area contributed by atoms with E-state index in [4.69, 9.17) is 4.74 Å². The average molecular weight is 290 g/mol. The van der Waals surface area contributed by atoms with Crippen LogP contribution in [0.4, 0.5) is 0 Å². The van der Waals surface area contributed by atoms with Crippen LogP contribution in [0, 0.1) is 0 Å². The number of nitrogens with one attached hydrogen (secondary N) is 1. The molecule has 0 saturated heterocycles. The van der Waals surface area contributed by atoms with E-state index in [1.165, 1.54) is 16.7 Å². The number of hydrogen-bond acceptors (Lipinski definition) is 3. The van der Waals surface area contributed by atoms with Crippen LogP contribution in [0.2, 0.25) is 0 Å². The van der Waals surface area contributed by atoms with Crippen molar-refractivity contribution in [1.29, 1.82) is 0 Å². The molecule has 1 aliphatic heterocycles. The second-order valence-corrected chi connectivity index (χ2v) is 5.63. The minimum Gasteiger partial charge on any atom is -0.489 e. The fourth-order valence-electron chi connectivity index (χ4n) is 2.99. The monoisotopic (exact) mass is 290 g/mol. The predicted molar refractivity (Wildman–Crippen MR) is 87.9 cm³/mol. The number of nitrogens with zero attached hydrogens (tertiary/aromatic N) is 1. The predicted octanol–water partition coefficient (Wildman–Crippen LogP) is 3.46. The summed E-state index contributed by atoms with van der Waals surface area (Å²) in [5, 5.41) is 4.56. The average Bonchev–Trinajstić information content (AvgIpc) is 2.60. The van der Waals surface area contributed by atoms with E-state index in [1.807, 2.05) is 30.5 Å². The van der Waals surface area contributed by atoms with E-state index in [1.54, 1.807) is 0 Å². The Hall–Kier alpha value is -2.39. The molecule has 0 bridgehead atoms. The third kappa shape index (κ3) is 2.55. The van der Waals surface area contributed by atoms with Gasteiger partial charge in [-0.3, -0.25) is 4.98 Å². The highest BCUT2D eigenvalue weighted by Gasteiger charge is 2.09. The maximum atomic E-state index is 6.01. The first-order valence-electron chi connectivity index (χ1n) is 7.68. The summed E-state index contributed by atoms with van der Waals surface area (Å²) in [5.74, 6) is 0.934. The summed E-state index contributed by atoms with van der Waals surface area (Å²) < 4.78 is 6.01. The summed E-state index contributed by atoms with van der Waals surface area (Å²) in [6.45, 7) is 2.57. The lowest BCUT2D eigenvalue weighted by molar-refractivity contribution is 0.307. The van der Waals surface area contributed by atoms with Crippen molar-refractivity contribution < 1.29 is 4.74 Å². The molecule has 0 amide bonds. The molecule has 3 heteroatoms. The van der Waals surface area contributed by atoms with Gasteiger partial charge in [0.1, 0.15) is 12.4 Å². The molecule has 1 N–H and O–H groups in total. The zero-order chi connectivity index (χ0) is 14.8. The fraction of sp³-hybridized carbons (Fsp3) is 0.211. The van der Waals surface area contributed by atoms with Crippen molar-refractivity contribution in [3.8, 4) is 5.75 Å². The number of rotatable bonds is 3. The molecule has 0 aliphatic carbocycles. The molecular formula is C19H18N2O. The second kappa shape index (κ2) is 5.78. The number of ether oxygens (including phenoxy) is 1. The van der Waals surface area contributed by atoms with Crippen LogP contribution in [0.15, 0.2) is 54.7 Å². The largest absolute Gasteiger partial charge is 0.489 e. The van der Waals surface area contributed by atoms with E-state index in [-0.39, 0.29) is 0 Å². The summed E-state index contributed by atoms with van der Waals surface area (Å²) in [6.07, 6.45) is 2.95. The van der Waals surface area contributed by atoms with Gasteiger partial charge in [0, 0.05) is 23.7 Å². The third-order valence-electron chi connectivity index (χ3n) is 4.20. The van der Waals surface area contributed by atoms with Crippen molar-refractivity contribution in [1.82, 2.24) is 10.3 Å². The first-order chi connectivity index (χ1) is 10.9. The number of fused-ring (bicyclic) bond motifs is 2. The first kappa shape index (κ1) is 13.3. The Bertz CT molecular complexity index is 808. The van der Waals surface area contributed by atoms with Crippen LogP contribution in [-0.2, 0) is 19.6 Å². The van der Waals surface area contributed by atoms with Crippen LogP contribution in [0.5, 0.6) is 5.75 Å². The molecule has 0 atom stereocenters. The van der Waals surface area contributed by atoms with Gasteiger partial charge in [-0.15, -0.1) is 0 Å². The lowest BCUT2D eigenvalue weighted by Gasteiger charge is -2.18. The molecule has 0 spiro atoms. The van der Waals surface area contributed by atoms with Crippen molar-refractivity contribution in [2.45, 2.75) is 19.6 Å². The van der Waals surface area contributed by atoms with Gasteiger partial charge in [-0.05, 0) is 48.4 Å². The summed E-state index contributed by atoms with van der Waals surface area (Å²) in [4.78, 5) is 4.39. The van der Waals surface area contributed by atoms with Crippen LogP contribution in [0.1, 0.15) is 16.7 Å². The molecule has 0 radical (unpaired) electrons. The summed E-state index contributed by atoms with van der Waals surface area (Å²) in [7, 11) is 0. The van der Waals surface area contributed by atoms with E-state index in [0.29, 0.717) is 6.61 Å². The van der Waals surface area contributed by atoms with Crippen LogP contribution in [0.25, 0.3) is 10.9 Å². The molecule has 0 unspecified atom stereocenters. The Morgan fingerprint density at radius 2 is 2.00 bits per heavy atom. The fourth-order valence-corrected chi connectivity index (χ4v) is 2.99. The SMILES string of the molecule is c1ccc2c(COc3ccc4c(c3)CNCC4)ccnc2c1. The normalized spacial score (nSPS) is 13.8. The molecule has 1 aromatic heterocycles. The molecule has 3 nitrogen and oxygen atoms in total. The minimum atomic E-state index is 0.565. The van der Waals surface area contributed by atoms with Crippen LogP contribution in [0.3, 0.4) is 0 Å². The van der Waals surface area contributed by atoms with Gasteiger partial charge < -0.3 is 10.1 Å². The van der Waals surface area contributed by atoms with Gasteiger partial charge in [-0.25, -0.2) is 0 Å². The van der Waals surface area contributed by atoms with Crippen molar-refractivity contribution in [2.75, 3.05) is 6.54 Å². The maximum absolute atomic E-state index is 6.01. The van der Waals surface area contributed by atoms with Gasteiger partial charge in [-0.2, -0.15) is 0 Å². The van der Waals surface area contributed by atoms with Gasteiger partial charge in [0.2, 0.25) is 0 Å². The summed E-state index contributed by atoms with van der Waals surface area (Å²) in [6, 6.07) is 16.6. The Kier molecular flexibility index (Phi) is 3.49. The smallest absolute Gasteiger partial charge is 0.120 e. The number of para-hydroxylation sites is 1. The van der Waals surface area contributed by atoms with E-state index in [9.17, 15) is 0 Å². The maximum Gasteiger partial charge on any atom is 0.120 e. The van der Waals surface area contributed by atoms with Gasteiger partial charge in [0.25, 0.3) is 0 Å². The van der Waals surface area contributed by atoms with Crippen molar-refractivity contribution >= 4 is 10.9 Å². The highest BCUT2D eigenvalue weighted by atomic mass is 16.5. The molecule has 4 rings (SSSR count). The van der Waals surface area contributed by atoms with Crippen LogP contribution < -0.4 is 10.1 Å². The number of pyridine rings is 1. The quantitative estimate of drug-likeness (QED) is 0.802. The lowest BCUT2D eigenvalue weighted by Crippen LogP contribution is -2.23. The lowest BCUT2D eigenvalue weighted by atomic mass is 10.0. The van der Waals surface area contributed by atoms with E-state index < -0.39 is 0 Å². The molecule has 0 saturated carbocycles. The molecule has 2 heterocycles. The third-order valence-corrected chi connectivity index (χ3v) is 4.20. The first-order valence-corrected chi connectivity index (χ1v) is 7.68. The van der Waals surface area contributed by atoms with Crippen molar-refractivity contribution in [3.63, 3.8) is 0 Å². The summed E-state index contributed by atoms with van der Waals surface area (Å²) in [5.41, 5.74) is 4.96. The minimum absolute atomic E-state index is 0.565. The standard InChI is InChI=1S/C19H18N2O/c1-2-4-19-18(3-1)15(8-10-21-19)13-22-17-6-5-14-7-9-20-12-16(14)11-17/h1-6,8,10-11,20H,7,9,12-13H2. The molecule has 1 aliphatic rings. The van der Waals surface area contributed by atoms with E-state index >= 15 is 0 Å². The molecule has 22 heavy (non-hydrogen) atoms. The highest BCUT2D eigenvalue weighted by Crippen LogP contribution is 2.23. The van der Waals surface area contributed by atoms with Gasteiger partial charge in [0.05, 0.1) is 5.52 Å². The molecular weight excluding hydrogens is 272 g/mol. The molecule has 110 valence electrons. The Morgan fingerprint density at radius 1 is 1.05 bits per heavy atom. The van der Waals surface area contributed by atoms with Gasteiger partial charge >= 0.3 is 0 Å². The zero-order valence-corrected chi connectivity index (χ0v) is 12.4. The topological polar surface area (TPSA) is 34.1 Å². The Morgan fingerprint density at radius 3 is 3.00 bits per heavy atom. The highest BCUT2D eigenvalue weighted by molar-refractivity contribution is 5.81. The number of benzene rings is 2. The zero-order valence-electron chi connectivity index (χ0n) is 12.4.